The van der Waals surface area contributed by atoms with Crippen LogP contribution in [0.5, 0.6) is 0 Å². The van der Waals surface area contributed by atoms with Crippen molar-refractivity contribution in [3.05, 3.63) is 45.4 Å². The van der Waals surface area contributed by atoms with Crippen LogP contribution in [0.1, 0.15) is 18.1 Å². The molecule has 108 valence electrons. The molecule has 0 fully saturated rings. The number of aromatic nitrogens is 1. The van der Waals surface area contributed by atoms with Crippen molar-refractivity contribution in [3.8, 4) is 6.07 Å². The fourth-order valence-electron chi connectivity index (χ4n) is 1.89. The van der Waals surface area contributed by atoms with Gasteiger partial charge in [0, 0.05) is 6.54 Å². The first-order valence-corrected chi connectivity index (χ1v) is 7.19. The van der Waals surface area contributed by atoms with Crippen LogP contribution in [0.3, 0.4) is 0 Å². The van der Waals surface area contributed by atoms with E-state index in [1.165, 1.54) is 0 Å². The number of benzene rings is 1. The number of hydrogen-bond acceptors (Lipinski definition) is 4. The highest BCUT2D eigenvalue weighted by Crippen LogP contribution is 2.32. The summed E-state index contributed by atoms with van der Waals surface area (Å²) in [6.07, 6.45) is 0. The molecule has 6 heteroatoms. The number of nitriles is 1. The largest absolute Gasteiger partial charge is 0.369 e. The lowest BCUT2D eigenvalue weighted by Crippen LogP contribution is -2.04. The molecule has 0 saturated carbocycles. The standard InChI is InChI=1S/C15H14Cl2N4/c1-3-19-14-11(16)7-12(17)15(21-14)20-13-6-4-5-9(2)10(13)8-18/h4-7H,3H2,1-2H3,(H2,19,20,21). The predicted molar refractivity (Wildman–Crippen MR) is 87.6 cm³/mol. The molecular weight excluding hydrogens is 307 g/mol. The Morgan fingerprint density at radius 2 is 1.95 bits per heavy atom. The summed E-state index contributed by atoms with van der Waals surface area (Å²) in [5.41, 5.74) is 2.12. The molecule has 2 N–H and O–H groups in total. The highest BCUT2D eigenvalue weighted by atomic mass is 35.5. The molecule has 0 unspecified atom stereocenters. The van der Waals surface area contributed by atoms with Crippen molar-refractivity contribution in [1.82, 2.24) is 4.98 Å². The lowest BCUT2D eigenvalue weighted by molar-refractivity contribution is 1.16. The fraction of sp³-hybridized carbons (Fsp3) is 0.200. The first-order chi connectivity index (χ1) is 10.1. The maximum absolute atomic E-state index is 9.25. The molecule has 0 bridgehead atoms. The third-order valence-corrected chi connectivity index (χ3v) is 3.49. The maximum Gasteiger partial charge on any atom is 0.151 e. The van der Waals surface area contributed by atoms with Gasteiger partial charge in [0.25, 0.3) is 0 Å². The molecule has 0 radical (unpaired) electrons. The van der Waals surface area contributed by atoms with Crippen molar-refractivity contribution in [1.29, 1.82) is 5.26 Å². The number of anilines is 3. The molecule has 1 aromatic carbocycles. The monoisotopic (exact) mass is 320 g/mol. The summed E-state index contributed by atoms with van der Waals surface area (Å²) in [4.78, 5) is 4.37. The Balaban J connectivity index is 2.43. The van der Waals surface area contributed by atoms with Crippen molar-refractivity contribution in [2.45, 2.75) is 13.8 Å². The second kappa shape index (κ2) is 6.66. The number of aryl methyl sites for hydroxylation is 1. The summed E-state index contributed by atoms with van der Waals surface area (Å²) < 4.78 is 0. The topological polar surface area (TPSA) is 60.7 Å². The number of hydrogen-bond donors (Lipinski definition) is 2. The molecule has 0 spiro atoms. The molecule has 21 heavy (non-hydrogen) atoms. The lowest BCUT2D eigenvalue weighted by Gasteiger charge is -2.13. The summed E-state index contributed by atoms with van der Waals surface area (Å²) in [6.45, 7) is 4.53. The summed E-state index contributed by atoms with van der Waals surface area (Å²) in [5, 5.41) is 16.3. The van der Waals surface area contributed by atoms with E-state index in [1.54, 1.807) is 6.07 Å². The van der Waals surface area contributed by atoms with Crippen LogP contribution in [-0.2, 0) is 0 Å². The molecule has 0 aliphatic heterocycles. The first-order valence-electron chi connectivity index (χ1n) is 6.43. The lowest BCUT2D eigenvalue weighted by atomic mass is 10.1. The second-order valence-electron chi connectivity index (χ2n) is 4.41. The molecule has 4 nitrogen and oxygen atoms in total. The molecule has 0 aliphatic rings. The van der Waals surface area contributed by atoms with Crippen LogP contribution in [0.2, 0.25) is 10.0 Å². The molecule has 1 aromatic heterocycles. The van der Waals surface area contributed by atoms with Crippen molar-refractivity contribution >= 4 is 40.5 Å². The SMILES string of the molecule is CCNc1nc(Nc2cccc(C)c2C#N)c(Cl)cc1Cl. The van der Waals surface area contributed by atoms with E-state index in [2.05, 4.69) is 21.7 Å². The van der Waals surface area contributed by atoms with Gasteiger partial charge in [0.15, 0.2) is 5.82 Å². The van der Waals surface area contributed by atoms with Crippen LogP contribution >= 0.6 is 23.2 Å². The summed E-state index contributed by atoms with van der Waals surface area (Å²) >= 11 is 12.2. The quantitative estimate of drug-likeness (QED) is 0.853. The minimum atomic E-state index is 0.395. The van der Waals surface area contributed by atoms with Gasteiger partial charge in [-0.25, -0.2) is 4.98 Å². The van der Waals surface area contributed by atoms with Gasteiger partial charge in [-0.2, -0.15) is 5.26 Å². The van der Waals surface area contributed by atoms with Crippen molar-refractivity contribution in [2.75, 3.05) is 17.2 Å². The van der Waals surface area contributed by atoms with Crippen molar-refractivity contribution in [2.24, 2.45) is 0 Å². The third-order valence-electron chi connectivity index (χ3n) is 2.91. The average molecular weight is 321 g/mol. The van der Waals surface area contributed by atoms with Gasteiger partial charge < -0.3 is 10.6 Å². The Morgan fingerprint density at radius 1 is 1.24 bits per heavy atom. The summed E-state index contributed by atoms with van der Waals surface area (Å²) in [5.74, 6) is 1.01. The maximum atomic E-state index is 9.25. The minimum Gasteiger partial charge on any atom is -0.369 e. The smallest absolute Gasteiger partial charge is 0.151 e. The normalized spacial score (nSPS) is 10.0. The molecular formula is C15H14Cl2N4. The highest BCUT2D eigenvalue weighted by Gasteiger charge is 2.11. The zero-order valence-electron chi connectivity index (χ0n) is 11.7. The molecule has 0 aliphatic carbocycles. The van der Waals surface area contributed by atoms with E-state index >= 15 is 0 Å². The Labute approximate surface area is 133 Å². The van der Waals surface area contributed by atoms with Gasteiger partial charge in [0.1, 0.15) is 11.9 Å². The molecule has 0 atom stereocenters. The van der Waals surface area contributed by atoms with Gasteiger partial charge in [-0.3, -0.25) is 0 Å². The van der Waals surface area contributed by atoms with E-state index in [-0.39, 0.29) is 0 Å². The Morgan fingerprint density at radius 3 is 2.62 bits per heavy atom. The molecule has 2 aromatic rings. The second-order valence-corrected chi connectivity index (χ2v) is 5.23. The van der Waals surface area contributed by atoms with Crippen molar-refractivity contribution in [3.63, 3.8) is 0 Å². The summed E-state index contributed by atoms with van der Waals surface area (Å²) in [6, 6.07) is 9.36. The molecule has 1 heterocycles. The molecule has 0 saturated heterocycles. The van der Waals surface area contributed by atoms with Gasteiger partial charge >= 0.3 is 0 Å². The first kappa shape index (κ1) is 15.4. The van der Waals surface area contributed by atoms with E-state index in [0.29, 0.717) is 39.5 Å². The highest BCUT2D eigenvalue weighted by molar-refractivity contribution is 6.37. The van der Waals surface area contributed by atoms with E-state index in [1.807, 2.05) is 32.0 Å². The van der Waals surface area contributed by atoms with Crippen LogP contribution in [0, 0.1) is 18.3 Å². The van der Waals surface area contributed by atoms with E-state index in [0.717, 1.165) is 5.56 Å². The van der Waals surface area contributed by atoms with E-state index in [9.17, 15) is 5.26 Å². The van der Waals surface area contributed by atoms with E-state index in [4.69, 9.17) is 23.2 Å². The molecule has 2 rings (SSSR count). The molecule has 0 amide bonds. The minimum absolute atomic E-state index is 0.395. The van der Waals surface area contributed by atoms with Gasteiger partial charge in [-0.1, -0.05) is 35.3 Å². The van der Waals surface area contributed by atoms with Crippen molar-refractivity contribution < 1.29 is 0 Å². The van der Waals surface area contributed by atoms with Crippen LogP contribution in [-0.4, -0.2) is 11.5 Å². The van der Waals surface area contributed by atoms with Crippen LogP contribution < -0.4 is 10.6 Å². The Bertz CT molecular complexity index is 708. The van der Waals surface area contributed by atoms with Crippen LogP contribution in [0.4, 0.5) is 17.3 Å². The van der Waals surface area contributed by atoms with E-state index < -0.39 is 0 Å². The van der Waals surface area contributed by atoms with Gasteiger partial charge in [-0.05, 0) is 31.5 Å². The summed E-state index contributed by atoms with van der Waals surface area (Å²) in [7, 11) is 0. The Hall–Kier alpha value is -1.96. The van der Waals surface area contributed by atoms with Gasteiger partial charge in [-0.15, -0.1) is 0 Å². The number of nitrogens with zero attached hydrogens (tertiary/aromatic N) is 2. The van der Waals surface area contributed by atoms with Crippen LogP contribution in [0.25, 0.3) is 0 Å². The predicted octanol–water partition coefficient (Wildman–Crippen LogP) is 4.74. The number of halogens is 2. The number of pyridine rings is 1. The number of rotatable bonds is 4. The van der Waals surface area contributed by atoms with Gasteiger partial charge in [0.05, 0.1) is 21.3 Å². The van der Waals surface area contributed by atoms with Gasteiger partial charge in [0.2, 0.25) is 0 Å². The Kier molecular flexibility index (Phi) is 4.89. The fourth-order valence-corrected chi connectivity index (χ4v) is 2.37. The average Bonchev–Trinajstić information content (AvgIpc) is 2.44. The third kappa shape index (κ3) is 3.38. The zero-order chi connectivity index (χ0) is 15.4. The zero-order valence-corrected chi connectivity index (χ0v) is 13.2. The number of nitrogens with one attached hydrogen (secondary N) is 2. The van der Waals surface area contributed by atoms with Crippen LogP contribution in [0.15, 0.2) is 24.3 Å².